The molecule has 0 aromatic rings. The van der Waals surface area contributed by atoms with Gasteiger partial charge in [-0.25, -0.2) is 0 Å². The van der Waals surface area contributed by atoms with E-state index in [1.54, 1.807) is 0 Å². The van der Waals surface area contributed by atoms with E-state index >= 15 is 0 Å². The van der Waals surface area contributed by atoms with Gasteiger partial charge in [-0.05, 0) is 49.9 Å². The van der Waals surface area contributed by atoms with Gasteiger partial charge in [-0.3, -0.25) is 0 Å². The molecule has 2 saturated carbocycles. The summed E-state index contributed by atoms with van der Waals surface area (Å²) in [4.78, 5) is 0. The Hall–Kier alpha value is -0.0400. The van der Waals surface area contributed by atoms with E-state index in [1.165, 1.54) is 70.6 Å². The van der Waals surface area contributed by atoms with Crippen LogP contribution in [0.4, 0.5) is 0 Å². The molecule has 2 aliphatic carbocycles. The monoisotopic (exact) mass is 265 g/mol. The van der Waals surface area contributed by atoms with Gasteiger partial charge in [-0.2, -0.15) is 0 Å². The third-order valence-corrected chi connectivity index (χ3v) is 6.07. The van der Waals surface area contributed by atoms with Gasteiger partial charge in [0.05, 0.1) is 0 Å². The Balaban J connectivity index is 1.73. The summed E-state index contributed by atoms with van der Waals surface area (Å²) in [5, 5.41) is 3.99. The van der Waals surface area contributed by atoms with Gasteiger partial charge < -0.3 is 5.32 Å². The van der Waals surface area contributed by atoms with Crippen molar-refractivity contribution in [3.8, 4) is 0 Å². The molecule has 19 heavy (non-hydrogen) atoms. The lowest BCUT2D eigenvalue weighted by molar-refractivity contribution is 0.133. The van der Waals surface area contributed by atoms with Crippen molar-refractivity contribution in [1.29, 1.82) is 0 Å². The average Bonchev–Trinajstić information content (AvgIpc) is 2.68. The predicted molar refractivity (Wildman–Crippen MR) is 84.4 cm³/mol. The van der Waals surface area contributed by atoms with Crippen molar-refractivity contribution in [2.75, 3.05) is 0 Å². The Morgan fingerprint density at radius 2 is 1.32 bits per heavy atom. The second-order valence-corrected chi connectivity index (χ2v) is 7.75. The largest absolute Gasteiger partial charge is 0.311 e. The van der Waals surface area contributed by atoms with Crippen molar-refractivity contribution in [1.82, 2.24) is 5.32 Å². The summed E-state index contributed by atoms with van der Waals surface area (Å²) in [6.07, 6.45) is 15.8. The van der Waals surface area contributed by atoms with Gasteiger partial charge >= 0.3 is 0 Å². The summed E-state index contributed by atoms with van der Waals surface area (Å²) >= 11 is 0. The van der Waals surface area contributed by atoms with Crippen molar-refractivity contribution in [2.24, 2.45) is 11.3 Å². The fourth-order valence-electron chi connectivity index (χ4n) is 4.11. The maximum absolute atomic E-state index is 3.99. The predicted octanol–water partition coefficient (Wildman–Crippen LogP) is 5.29. The molecule has 0 unspecified atom stereocenters. The van der Waals surface area contributed by atoms with E-state index in [1.807, 2.05) is 0 Å². The second-order valence-electron chi connectivity index (χ2n) is 7.75. The minimum absolute atomic E-state index is 0.563. The Bertz CT molecular complexity index is 242. The van der Waals surface area contributed by atoms with Gasteiger partial charge in [-0.15, -0.1) is 0 Å². The minimum atomic E-state index is 0.563. The van der Waals surface area contributed by atoms with Crippen LogP contribution >= 0.6 is 0 Å². The van der Waals surface area contributed by atoms with E-state index < -0.39 is 0 Å². The molecular weight excluding hydrogens is 230 g/mol. The number of nitrogens with one attached hydrogen (secondary N) is 1. The highest BCUT2D eigenvalue weighted by Crippen LogP contribution is 2.40. The third-order valence-electron chi connectivity index (χ3n) is 6.07. The zero-order chi connectivity index (χ0) is 13.7. The van der Waals surface area contributed by atoms with E-state index in [9.17, 15) is 0 Å². The van der Waals surface area contributed by atoms with Crippen molar-refractivity contribution in [3.63, 3.8) is 0 Å². The maximum atomic E-state index is 3.99. The normalized spacial score (nSPS) is 31.1. The molecule has 1 heteroatoms. The molecule has 2 aliphatic rings. The zero-order valence-electron chi connectivity index (χ0n) is 13.5. The molecule has 2 rings (SSSR count). The van der Waals surface area contributed by atoms with Gasteiger partial charge in [0.2, 0.25) is 0 Å². The molecule has 1 nitrogen and oxygen atoms in total. The van der Waals surface area contributed by atoms with Crippen LogP contribution in [-0.2, 0) is 0 Å². The minimum Gasteiger partial charge on any atom is -0.311 e. The molecule has 0 aromatic heterocycles. The second kappa shape index (κ2) is 7.11. The van der Waals surface area contributed by atoms with Crippen LogP contribution in [0.5, 0.6) is 0 Å². The number of hydrogen-bond donors (Lipinski definition) is 1. The van der Waals surface area contributed by atoms with E-state index in [2.05, 4.69) is 26.1 Å². The topological polar surface area (TPSA) is 12.0 Å². The quantitative estimate of drug-likeness (QED) is 0.681. The standard InChI is InChI=1S/C18H35N/c1-4-18(2,3)15-11-13-17(14-12-15)19-16-9-7-5-6-8-10-16/h15-17,19H,4-14H2,1-3H3. The van der Waals surface area contributed by atoms with Gasteiger partial charge in [0.15, 0.2) is 0 Å². The lowest BCUT2D eigenvalue weighted by Gasteiger charge is -2.40. The Labute approximate surface area is 120 Å². The highest BCUT2D eigenvalue weighted by molar-refractivity contribution is 4.86. The molecule has 0 aromatic carbocycles. The van der Waals surface area contributed by atoms with Crippen LogP contribution in [0.3, 0.4) is 0 Å². The van der Waals surface area contributed by atoms with Gasteiger partial charge in [0, 0.05) is 12.1 Å². The van der Waals surface area contributed by atoms with Gasteiger partial charge in [0.1, 0.15) is 0 Å². The first-order valence-corrected chi connectivity index (χ1v) is 8.88. The maximum Gasteiger partial charge on any atom is 0.00698 e. The van der Waals surface area contributed by atoms with Crippen LogP contribution in [0.1, 0.15) is 91.4 Å². The van der Waals surface area contributed by atoms with E-state index in [4.69, 9.17) is 0 Å². The van der Waals surface area contributed by atoms with Crippen molar-refractivity contribution >= 4 is 0 Å². The van der Waals surface area contributed by atoms with E-state index in [-0.39, 0.29) is 0 Å². The lowest BCUT2D eigenvalue weighted by Crippen LogP contribution is -2.42. The molecule has 0 saturated heterocycles. The molecule has 0 spiro atoms. The molecule has 112 valence electrons. The Kier molecular flexibility index (Phi) is 5.74. The fraction of sp³-hybridized carbons (Fsp3) is 1.00. The van der Waals surface area contributed by atoms with Crippen molar-refractivity contribution < 1.29 is 0 Å². The Morgan fingerprint density at radius 1 is 0.789 bits per heavy atom. The molecule has 0 aliphatic heterocycles. The number of hydrogen-bond acceptors (Lipinski definition) is 1. The molecule has 1 N–H and O–H groups in total. The zero-order valence-corrected chi connectivity index (χ0v) is 13.5. The molecule has 0 amide bonds. The van der Waals surface area contributed by atoms with Crippen LogP contribution in [0.2, 0.25) is 0 Å². The molecule has 0 radical (unpaired) electrons. The summed E-state index contributed by atoms with van der Waals surface area (Å²) in [5.74, 6) is 0.963. The van der Waals surface area contributed by atoms with Crippen LogP contribution in [-0.4, -0.2) is 12.1 Å². The van der Waals surface area contributed by atoms with Crippen LogP contribution in [0.25, 0.3) is 0 Å². The van der Waals surface area contributed by atoms with Crippen molar-refractivity contribution in [2.45, 2.75) is 103 Å². The lowest BCUT2D eigenvalue weighted by atomic mass is 9.69. The van der Waals surface area contributed by atoms with Gasteiger partial charge in [-0.1, -0.05) is 52.9 Å². The highest BCUT2D eigenvalue weighted by atomic mass is 14.9. The molecule has 0 heterocycles. The molecule has 0 atom stereocenters. The van der Waals surface area contributed by atoms with E-state index in [0.29, 0.717) is 5.41 Å². The molecule has 2 fully saturated rings. The summed E-state index contributed by atoms with van der Waals surface area (Å²) in [7, 11) is 0. The van der Waals surface area contributed by atoms with Gasteiger partial charge in [0.25, 0.3) is 0 Å². The smallest absolute Gasteiger partial charge is 0.00698 e. The SMILES string of the molecule is CCC(C)(C)C1CCC(NC2CCCCCC2)CC1. The molecular formula is C18H35N. The summed E-state index contributed by atoms with van der Waals surface area (Å²) in [6, 6.07) is 1.66. The third kappa shape index (κ3) is 4.48. The first-order valence-electron chi connectivity index (χ1n) is 8.88. The van der Waals surface area contributed by atoms with Crippen LogP contribution in [0.15, 0.2) is 0 Å². The first-order chi connectivity index (χ1) is 9.12. The highest BCUT2D eigenvalue weighted by Gasteiger charge is 2.32. The molecule has 0 bridgehead atoms. The van der Waals surface area contributed by atoms with E-state index in [0.717, 1.165) is 18.0 Å². The fourth-order valence-corrected chi connectivity index (χ4v) is 4.11. The first kappa shape index (κ1) is 15.4. The van der Waals surface area contributed by atoms with Crippen molar-refractivity contribution in [3.05, 3.63) is 0 Å². The summed E-state index contributed by atoms with van der Waals surface area (Å²) < 4.78 is 0. The average molecular weight is 265 g/mol. The summed E-state index contributed by atoms with van der Waals surface area (Å²) in [6.45, 7) is 7.29. The van der Waals surface area contributed by atoms with Crippen LogP contribution in [0, 0.1) is 11.3 Å². The Morgan fingerprint density at radius 3 is 1.84 bits per heavy atom. The van der Waals surface area contributed by atoms with Crippen LogP contribution < -0.4 is 5.32 Å². The summed E-state index contributed by atoms with van der Waals surface area (Å²) in [5.41, 5.74) is 0.563. The number of rotatable bonds is 4.